The van der Waals surface area contributed by atoms with E-state index in [1.165, 1.54) is 0 Å². The molecule has 1 heterocycles. The van der Waals surface area contributed by atoms with Gasteiger partial charge in [-0.3, -0.25) is 0 Å². The lowest BCUT2D eigenvalue weighted by Crippen LogP contribution is -2.21. The lowest BCUT2D eigenvalue weighted by Gasteiger charge is -2.18. The van der Waals surface area contributed by atoms with Gasteiger partial charge in [0.25, 0.3) is 0 Å². The molecule has 0 bridgehead atoms. The van der Waals surface area contributed by atoms with Crippen LogP contribution in [0.3, 0.4) is 0 Å². The number of anilines is 1. The summed E-state index contributed by atoms with van der Waals surface area (Å²) in [4.78, 5) is 20.2. The predicted molar refractivity (Wildman–Crippen MR) is 65.8 cm³/mol. The van der Waals surface area contributed by atoms with E-state index in [0.29, 0.717) is 18.1 Å². The number of esters is 1. The van der Waals surface area contributed by atoms with Crippen molar-refractivity contribution in [1.29, 1.82) is 0 Å². The third-order valence-electron chi connectivity index (χ3n) is 2.27. The first-order chi connectivity index (χ1) is 7.77. The Morgan fingerprint density at radius 2 is 1.94 bits per heavy atom. The fraction of sp³-hybridized carbons (Fsp3) is 0.583. The molecule has 0 spiro atoms. The lowest BCUT2D eigenvalue weighted by molar-refractivity contribution is 0.0525. The van der Waals surface area contributed by atoms with E-state index in [4.69, 9.17) is 10.5 Å². The number of carbonyl (C=O) groups excluding carboxylic acids is 1. The summed E-state index contributed by atoms with van der Waals surface area (Å²) in [6.07, 6.45) is 0. The molecule has 0 aliphatic carbocycles. The number of hydrogen-bond acceptors (Lipinski definition) is 5. The molecule has 17 heavy (non-hydrogen) atoms. The van der Waals surface area contributed by atoms with E-state index in [0.717, 1.165) is 0 Å². The Balaban J connectivity index is 3.25. The van der Waals surface area contributed by atoms with Crippen LogP contribution in [0.25, 0.3) is 0 Å². The van der Waals surface area contributed by atoms with E-state index >= 15 is 0 Å². The molecular formula is C12H19N3O2. The molecule has 0 saturated carbocycles. The Morgan fingerprint density at radius 1 is 1.35 bits per heavy atom. The number of nitrogens with zero attached hydrogens (tertiary/aromatic N) is 2. The molecule has 0 fully saturated rings. The van der Waals surface area contributed by atoms with E-state index in [2.05, 4.69) is 9.97 Å². The maximum absolute atomic E-state index is 11.7. The van der Waals surface area contributed by atoms with Crippen LogP contribution in [0.5, 0.6) is 0 Å². The molecule has 0 atom stereocenters. The largest absolute Gasteiger partial charge is 0.462 e. The number of nitrogen functional groups attached to an aromatic ring is 1. The minimum absolute atomic E-state index is 0.181. The summed E-state index contributed by atoms with van der Waals surface area (Å²) in [6, 6.07) is 0. The number of aryl methyl sites for hydroxylation is 1. The molecule has 0 aromatic carbocycles. The van der Waals surface area contributed by atoms with E-state index < -0.39 is 5.97 Å². The third kappa shape index (κ3) is 2.93. The molecule has 94 valence electrons. The van der Waals surface area contributed by atoms with Crippen molar-refractivity contribution in [2.75, 3.05) is 12.3 Å². The van der Waals surface area contributed by atoms with Gasteiger partial charge in [0.1, 0.15) is 17.2 Å². The van der Waals surface area contributed by atoms with Gasteiger partial charge in [-0.05, 0) is 13.8 Å². The van der Waals surface area contributed by atoms with Gasteiger partial charge in [-0.25, -0.2) is 14.8 Å². The van der Waals surface area contributed by atoms with Crippen molar-refractivity contribution < 1.29 is 9.53 Å². The first-order valence-corrected chi connectivity index (χ1v) is 5.59. The van der Waals surface area contributed by atoms with Crippen LogP contribution < -0.4 is 5.73 Å². The molecule has 5 heteroatoms. The predicted octanol–water partition coefficient (Wildman–Crippen LogP) is 1.84. The van der Waals surface area contributed by atoms with Crippen LogP contribution in [0.4, 0.5) is 5.82 Å². The zero-order chi connectivity index (χ0) is 13.2. The summed E-state index contributed by atoms with van der Waals surface area (Å²) < 4.78 is 4.92. The maximum Gasteiger partial charge on any atom is 0.343 e. The van der Waals surface area contributed by atoms with Crippen LogP contribution in [-0.4, -0.2) is 22.5 Å². The van der Waals surface area contributed by atoms with Crippen LogP contribution in [0.1, 0.15) is 49.6 Å². The van der Waals surface area contributed by atoms with Crippen molar-refractivity contribution in [1.82, 2.24) is 9.97 Å². The number of aromatic nitrogens is 2. The Morgan fingerprint density at radius 3 is 2.35 bits per heavy atom. The molecule has 0 aliphatic heterocycles. The first kappa shape index (κ1) is 13.4. The number of hydrogen-bond donors (Lipinski definition) is 1. The van der Waals surface area contributed by atoms with Crippen molar-refractivity contribution in [3.05, 3.63) is 17.1 Å². The van der Waals surface area contributed by atoms with Crippen molar-refractivity contribution in [2.24, 2.45) is 0 Å². The second kappa shape index (κ2) is 4.69. The third-order valence-corrected chi connectivity index (χ3v) is 2.27. The van der Waals surface area contributed by atoms with Gasteiger partial charge < -0.3 is 10.5 Å². The van der Waals surface area contributed by atoms with Crippen molar-refractivity contribution in [3.63, 3.8) is 0 Å². The molecule has 1 aromatic heterocycles. The van der Waals surface area contributed by atoms with Crippen molar-refractivity contribution in [3.8, 4) is 0 Å². The average Bonchev–Trinajstić information content (AvgIpc) is 2.15. The summed E-state index contributed by atoms with van der Waals surface area (Å²) in [5, 5.41) is 0. The Hall–Kier alpha value is -1.65. The molecule has 2 N–H and O–H groups in total. The fourth-order valence-electron chi connectivity index (χ4n) is 1.39. The quantitative estimate of drug-likeness (QED) is 0.794. The number of ether oxygens (including phenoxy) is 1. The number of carbonyl (C=O) groups is 1. The minimum Gasteiger partial charge on any atom is -0.462 e. The molecule has 0 unspecified atom stereocenters. The van der Waals surface area contributed by atoms with Crippen LogP contribution in [0.2, 0.25) is 0 Å². The van der Waals surface area contributed by atoms with Gasteiger partial charge in [0.15, 0.2) is 0 Å². The van der Waals surface area contributed by atoms with E-state index in [1.54, 1.807) is 13.8 Å². The summed E-state index contributed by atoms with van der Waals surface area (Å²) in [6.45, 7) is 9.76. The topological polar surface area (TPSA) is 78.1 Å². The SMILES string of the molecule is CCOC(=O)c1c(C)nc(C(C)(C)C)nc1N. The highest BCUT2D eigenvalue weighted by atomic mass is 16.5. The normalized spacial score (nSPS) is 11.4. The molecule has 0 radical (unpaired) electrons. The standard InChI is InChI=1S/C12H19N3O2/c1-6-17-10(16)8-7(2)14-11(12(3,4)5)15-9(8)13/h6H2,1-5H3,(H2,13,14,15). The lowest BCUT2D eigenvalue weighted by atomic mass is 9.95. The highest BCUT2D eigenvalue weighted by Crippen LogP contribution is 2.22. The van der Waals surface area contributed by atoms with Crippen LogP contribution in [-0.2, 0) is 10.2 Å². The number of rotatable bonds is 2. The Kier molecular flexibility index (Phi) is 3.70. The van der Waals surface area contributed by atoms with Gasteiger partial charge >= 0.3 is 5.97 Å². The monoisotopic (exact) mass is 237 g/mol. The van der Waals surface area contributed by atoms with Crippen LogP contribution >= 0.6 is 0 Å². The fourth-order valence-corrected chi connectivity index (χ4v) is 1.39. The molecule has 1 aromatic rings. The average molecular weight is 237 g/mol. The molecule has 5 nitrogen and oxygen atoms in total. The highest BCUT2D eigenvalue weighted by molar-refractivity contribution is 5.95. The van der Waals surface area contributed by atoms with Crippen LogP contribution in [0.15, 0.2) is 0 Å². The van der Waals surface area contributed by atoms with Crippen molar-refractivity contribution >= 4 is 11.8 Å². The van der Waals surface area contributed by atoms with E-state index in [-0.39, 0.29) is 16.8 Å². The highest BCUT2D eigenvalue weighted by Gasteiger charge is 2.23. The smallest absolute Gasteiger partial charge is 0.343 e. The first-order valence-electron chi connectivity index (χ1n) is 5.59. The van der Waals surface area contributed by atoms with Gasteiger partial charge in [0.2, 0.25) is 0 Å². The minimum atomic E-state index is -0.469. The zero-order valence-corrected chi connectivity index (χ0v) is 11.0. The maximum atomic E-state index is 11.7. The zero-order valence-electron chi connectivity index (χ0n) is 11.0. The molecule has 1 rings (SSSR count). The van der Waals surface area contributed by atoms with E-state index in [9.17, 15) is 4.79 Å². The number of nitrogens with two attached hydrogens (primary N) is 1. The molecule has 0 amide bonds. The molecule has 0 aliphatic rings. The summed E-state index contributed by atoms with van der Waals surface area (Å²) in [5.41, 5.74) is 6.42. The van der Waals surface area contributed by atoms with Crippen molar-refractivity contribution in [2.45, 2.75) is 40.0 Å². The second-order valence-electron chi connectivity index (χ2n) is 4.86. The van der Waals surface area contributed by atoms with Gasteiger partial charge in [-0.2, -0.15) is 0 Å². The van der Waals surface area contributed by atoms with Gasteiger partial charge in [0, 0.05) is 5.41 Å². The molecular weight excluding hydrogens is 218 g/mol. The van der Waals surface area contributed by atoms with Gasteiger partial charge in [-0.15, -0.1) is 0 Å². The van der Waals surface area contributed by atoms with E-state index in [1.807, 2.05) is 20.8 Å². The second-order valence-corrected chi connectivity index (χ2v) is 4.86. The van der Waals surface area contributed by atoms with Crippen LogP contribution in [0, 0.1) is 6.92 Å². The van der Waals surface area contributed by atoms with Gasteiger partial charge in [0.05, 0.1) is 12.3 Å². The molecule has 0 saturated heterocycles. The Labute approximate surface area is 101 Å². The Bertz CT molecular complexity index is 413. The van der Waals surface area contributed by atoms with Gasteiger partial charge in [-0.1, -0.05) is 20.8 Å². The summed E-state index contributed by atoms with van der Waals surface area (Å²) in [7, 11) is 0. The summed E-state index contributed by atoms with van der Waals surface area (Å²) in [5.74, 6) is 0.337. The summed E-state index contributed by atoms with van der Waals surface area (Å²) >= 11 is 0.